The average molecular weight is 555 g/mol. The molecular formula is C23H28F6N4O3S. The number of rotatable bonds is 11. The summed E-state index contributed by atoms with van der Waals surface area (Å²) in [7, 11) is 1.51. The van der Waals surface area contributed by atoms with Crippen molar-refractivity contribution in [2.45, 2.75) is 64.8 Å². The Bertz CT molecular complexity index is 1080. The number of anilines is 1. The lowest BCUT2D eigenvalue weighted by Crippen LogP contribution is -2.37. The monoisotopic (exact) mass is 554 g/mol. The van der Waals surface area contributed by atoms with Gasteiger partial charge in [-0.3, -0.25) is 4.79 Å². The van der Waals surface area contributed by atoms with Crippen LogP contribution in [0.15, 0.2) is 12.3 Å². The molecule has 37 heavy (non-hydrogen) atoms. The number of aromatic nitrogens is 2. The van der Waals surface area contributed by atoms with Gasteiger partial charge in [0.05, 0.1) is 17.0 Å². The number of amides is 1. The van der Waals surface area contributed by atoms with Gasteiger partial charge >= 0.3 is 18.3 Å². The number of pyridine rings is 1. The number of carbonyl (C=O) groups is 2. The number of hydrogen-bond acceptors (Lipinski definition) is 7. The van der Waals surface area contributed by atoms with Crippen molar-refractivity contribution in [1.82, 2.24) is 14.9 Å². The minimum Gasteiger partial charge on any atom is -0.461 e. The van der Waals surface area contributed by atoms with Crippen LogP contribution in [0.5, 0.6) is 0 Å². The van der Waals surface area contributed by atoms with Gasteiger partial charge in [-0.15, -0.1) is 11.3 Å². The van der Waals surface area contributed by atoms with Crippen LogP contribution in [0.4, 0.5) is 32.2 Å². The topological polar surface area (TPSA) is 84.4 Å². The Kier molecular flexibility index (Phi) is 10.3. The summed E-state index contributed by atoms with van der Waals surface area (Å²) in [4.78, 5) is 34.6. The van der Waals surface area contributed by atoms with Gasteiger partial charge in [0.15, 0.2) is 0 Å². The molecule has 0 saturated carbocycles. The van der Waals surface area contributed by atoms with Crippen molar-refractivity contribution < 1.29 is 40.7 Å². The molecular weight excluding hydrogens is 526 g/mol. The molecule has 206 valence electrons. The molecule has 0 atom stereocenters. The quantitative estimate of drug-likeness (QED) is 0.255. The van der Waals surface area contributed by atoms with Gasteiger partial charge < -0.3 is 15.0 Å². The number of nitrogens with zero attached hydrogens (tertiary/aromatic N) is 3. The third-order valence-electron chi connectivity index (χ3n) is 5.32. The van der Waals surface area contributed by atoms with Gasteiger partial charge in [0.2, 0.25) is 5.01 Å². The first-order valence-corrected chi connectivity index (χ1v) is 12.4. The zero-order chi connectivity index (χ0) is 28.0. The predicted molar refractivity (Wildman–Crippen MR) is 127 cm³/mol. The number of esters is 1. The first kappa shape index (κ1) is 30.3. The Morgan fingerprint density at radius 2 is 1.73 bits per heavy atom. The summed E-state index contributed by atoms with van der Waals surface area (Å²) >= 11 is 0.525. The minimum absolute atomic E-state index is 0.0269. The van der Waals surface area contributed by atoms with Crippen LogP contribution in [-0.2, 0) is 10.9 Å². The van der Waals surface area contributed by atoms with Crippen LogP contribution in [0.25, 0.3) is 10.4 Å². The van der Waals surface area contributed by atoms with E-state index in [-0.39, 0.29) is 22.5 Å². The molecule has 1 N–H and O–H groups in total. The smallest absolute Gasteiger partial charge is 0.417 e. The SMILES string of the molecule is CCCC(CCC)N(C)C(=O)c1nc(C(=O)OCC)sc1-c1cnc(NCC(F)(F)F)cc1C(F)(F)F. The maximum Gasteiger partial charge on any atom is 0.417 e. The van der Waals surface area contributed by atoms with Crippen LogP contribution in [0, 0.1) is 0 Å². The highest BCUT2D eigenvalue weighted by Crippen LogP contribution is 2.42. The van der Waals surface area contributed by atoms with Crippen molar-refractivity contribution in [3.63, 3.8) is 0 Å². The first-order valence-electron chi connectivity index (χ1n) is 11.6. The van der Waals surface area contributed by atoms with Crippen LogP contribution in [0.1, 0.15) is 72.3 Å². The summed E-state index contributed by atoms with van der Waals surface area (Å²) in [6.07, 6.45) is -6.16. The first-order chi connectivity index (χ1) is 17.2. The second kappa shape index (κ2) is 12.6. The summed E-state index contributed by atoms with van der Waals surface area (Å²) in [5.41, 5.74) is -2.31. The zero-order valence-corrected chi connectivity index (χ0v) is 21.5. The van der Waals surface area contributed by atoms with E-state index in [4.69, 9.17) is 4.74 Å². The fraction of sp³-hybridized carbons (Fsp3) is 0.565. The third-order valence-corrected chi connectivity index (χ3v) is 6.38. The van der Waals surface area contributed by atoms with Crippen LogP contribution >= 0.6 is 11.3 Å². The Balaban J connectivity index is 2.66. The van der Waals surface area contributed by atoms with Crippen molar-refractivity contribution in [2.75, 3.05) is 25.5 Å². The molecule has 2 aromatic rings. The molecule has 0 spiro atoms. The second-order valence-corrected chi connectivity index (χ2v) is 9.15. The van der Waals surface area contributed by atoms with Gasteiger partial charge in [-0.1, -0.05) is 26.7 Å². The molecule has 0 saturated heterocycles. The van der Waals surface area contributed by atoms with Crippen LogP contribution in [0.3, 0.4) is 0 Å². The summed E-state index contributed by atoms with van der Waals surface area (Å²) < 4.78 is 84.6. The van der Waals surface area contributed by atoms with Gasteiger partial charge in [-0.25, -0.2) is 14.8 Å². The minimum atomic E-state index is -5.01. The summed E-state index contributed by atoms with van der Waals surface area (Å²) in [6, 6.07) is 0.219. The lowest BCUT2D eigenvalue weighted by molar-refractivity contribution is -0.137. The van der Waals surface area contributed by atoms with E-state index in [1.807, 2.05) is 19.2 Å². The van der Waals surface area contributed by atoms with E-state index in [0.29, 0.717) is 30.2 Å². The van der Waals surface area contributed by atoms with Gasteiger partial charge in [-0.05, 0) is 25.8 Å². The van der Waals surface area contributed by atoms with E-state index in [9.17, 15) is 35.9 Å². The Morgan fingerprint density at radius 1 is 1.11 bits per heavy atom. The van der Waals surface area contributed by atoms with Crippen LogP contribution in [-0.4, -0.2) is 59.2 Å². The Morgan fingerprint density at radius 3 is 2.24 bits per heavy atom. The average Bonchev–Trinajstić information content (AvgIpc) is 3.26. The lowest BCUT2D eigenvalue weighted by Gasteiger charge is -2.27. The van der Waals surface area contributed by atoms with E-state index in [1.54, 1.807) is 0 Å². The van der Waals surface area contributed by atoms with Gasteiger partial charge in [-0.2, -0.15) is 26.3 Å². The highest BCUT2D eigenvalue weighted by atomic mass is 32.1. The normalized spacial score (nSPS) is 12.1. The van der Waals surface area contributed by atoms with Crippen molar-refractivity contribution in [3.8, 4) is 10.4 Å². The van der Waals surface area contributed by atoms with Gasteiger partial charge in [0, 0.05) is 24.8 Å². The molecule has 0 aliphatic rings. The molecule has 0 aliphatic heterocycles. The van der Waals surface area contributed by atoms with E-state index >= 15 is 0 Å². The molecule has 7 nitrogen and oxygen atoms in total. The molecule has 0 aliphatic carbocycles. The highest BCUT2D eigenvalue weighted by molar-refractivity contribution is 7.17. The van der Waals surface area contributed by atoms with Crippen molar-refractivity contribution in [2.24, 2.45) is 0 Å². The summed E-state index contributed by atoms with van der Waals surface area (Å²) in [5.74, 6) is -2.26. The highest BCUT2D eigenvalue weighted by Gasteiger charge is 2.38. The van der Waals surface area contributed by atoms with Crippen molar-refractivity contribution in [1.29, 1.82) is 0 Å². The third kappa shape index (κ3) is 8.04. The van der Waals surface area contributed by atoms with E-state index in [2.05, 4.69) is 9.97 Å². The van der Waals surface area contributed by atoms with Crippen LogP contribution < -0.4 is 5.32 Å². The van der Waals surface area contributed by atoms with Crippen molar-refractivity contribution in [3.05, 3.63) is 28.5 Å². The molecule has 1 amide bonds. The van der Waals surface area contributed by atoms with Gasteiger partial charge in [0.25, 0.3) is 5.91 Å². The fourth-order valence-corrected chi connectivity index (χ4v) is 4.59. The molecule has 0 aromatic carbocycles. The van der Waals surface area contributed by atoms with Crippen molar-refractivity contribution >= 4 is 29.0 Å². The van der Waals surface area contributed by atoms with Gasteiger partial charge in [0.1, 0.15) is 18.1 Å². The second-order valence-electron chi connectivity index (χ2n) is 8.15. The van der Waals surface area contributed by atoms with E-state index < -0.39 is 53.4 Å². The lowest BCUT2D eigenvalue weighted by atomic mass is 10.0. The number of halogens is 6. The van der Waals surface area contributed by atoms with E-state index in [1.165, 1.54) is 18.9 Å². The summed E-state index contributed by atoms with van der Waals surface area (Å²) in [6.45, 7) is 3.79. The largest absolute Gasteiger partial charge is 0.461 e. The fourth-order valence-electron chi connectivity index (χ4n) is 3.62. The molecule has 0 radical (unpaired) electrons. The summed E-state index contributed by atoms with van der Waals surface area (Å²) in [5, 5.41) is 1.49. The molecule has 2 heterocycles. The zero-order valence-electron chi connectivity index (χ0n) is 20.7. The maximum absolute atomic E-state index is 14.0. The maximum atomic E-state index is 14.0. The molecule has 0 unspecified atom stereocenters. The Labute approximate surface area is 214 Å². The number of nitrogens with one attached hydrogen (secondary N) is 1. The van der Waals surface area contributed by atoms with Crippen LogP contribution in [0.2, 0.25) is 0 Å². The number of alkyl halides is 6. The number of carbonyl (C=O) groups excluding carboxylic acids is 2. The molecule has 0 bridgehead atoms. The Hall–Kier alpha value is -2.90. The number of ether oxygens (including phenoxy) is 1. The molecule has 0 fully saturated rings. The number of thiazole rings is 1. The molecule has 14 heteroatoms. The molecule has 2 aromatic heterocycles. The standard InChI is InChI=1S/C23H28F6N4O3S/c1-5-8-13(9-6-2)33(4)20(34)17-18(37-19(32-17)21(35)36-7-3)14-11-30-16(31-12-22(24,25)26)10-15(14)23(27,28)29/h10-11,13H,5-9,12H2,1-4H3,(H,30,31). The number of hydrogen-bond donors (Lipinski definition) is 1. The van der Waals surface area contributed by atoms with E-state index in [0.717, 1.165) is 19.0 Å². The molecule has 2 rings (SSSR count). The predicted octanol–water partition coefficient (Wildman–Crippen LogP) is 6.42.